The lowest BCUT2D eigenvalue weighted by molar-refractivity contribution is 0.685. The molecule has 0 saturated heterocycles. The summed E-state index contributed by atoms with van der Waals surface area (Å²) in [5, 5.41) is 4.25. The van der Waals surface area contributed by atoms with Gasteiger partial charge in [-0.25, -0.2) is 4.21 Å². The summed E-state index contributed by atoms with van der Waals surface area (Å²) in [6.07, 6.45) is 0. The summed E-state index contributed by atoms with van der Waals surface area (Å²) in [5.74, 6) is 0. The third kappa shape index (κ3) is 3.09. The van der Waals surface area contributed by atoms with Crippen molar-refractivity contribution < 1.29 is 4.21 Å². The number of thiophene rings is 2. The number of hydrogen-bond acceptors (Lipinski definition) is 3. The fourth-order valence-corrected chi connectivity index (χ4v) is 7.29. The second-order valence-corrected chi connectivity index (χ2v) is 9.75. The Hall–Kier alpha value is -2.01. The van der Waals surface area contributed by atoms with E-state index in [1.54, 1.807) is 22.7 Å². The van der Waals surface area contributed by atoms with Crippen LogP contribution in [0.4, 0.5) is 0 Å². The topological polar surface area (TPSA) is 17.1 Å². The van der Waals surface area contributed by atoms with Gasteiger partial charge in [0.25, 0.3) is 0 Å². The average molecular weight is 395 g/mol. The van der Waals surface area contributed by atoms with Crippen LogP contribution in [0.15, 0.2) is 79.8 Å². The molecule has 4 heteroatoms. The van der Waals surface area contributed by atoms with Crippen molar-refractivity contribution in [2.45, 2.75) is 22.3 Å². The van der Waals surface area contributed by atoms with Crippen molar-refractivity contribution >= 4 is 33.5 Å². The van der Waals surface area contributed by atoms with E-state index < -0.39 is 10.8 Å². The highest BCUT2D eigenvalue weighted by atomic mass is 32.2. The van der Waals surface area contributed by atoms with Crippen molar-refractivity contribution in [3.63, 3.8) is 0 Å². The second-order valence-electron chi connectivity index (χ2n) is 6.12. The first-order valence-corrected chi connectivity index (χ1v) is 11.3. The van der Waals surface area contributed by atoms with Gasteiger partial charge in [0, 0.05) is 10.8 Å². The molecule has 0 atom stereocenters. The highest BCUT2D eigenvalue weighted by molar-refractivity contribution is 7.89. The summed E-state index contributed by atoms with van der Waals surface area (Å²) >= 11 is 3.19. The van der Waals surface area contributed by atoms with Crippen molar-refractivity contribution in [2.75, 3.05) is 0 Å². The summed E-state index contributed by atoms with van der Waals surface area (Å²) < 4.78 is 15.2. The molecule has 1 nitrogen and oxygen atoms in total. The monoisotopic (exact) mass is 394 g/mol. The zero-order valence-corrected chi connectivity index (χ0v) is 17.0. The molecule has 2 aromatic heterocycles. The van der Waals surface area contributed by atoms with E-state index in [-0.39, 0.29) is 0 Å². The minimum atomic E-state index is -1.14. The van der Waals surface area contributed by atoms with Crippen LogP contribution in [-0.2, 0) is 10.8 Å². The molecule has 0 amide bonds. The Morgan fingerprint density at radius 1 is 0.654 bits per heavy atom. The number of benzene rings is 2. The molecule has 0 bridgehead atoms. The van der Waals surface area contributed by atoms with Crippen molar-refractivity contribution in [3.8, 4) is 22.3 Å². The lowest BCUT2D eigenvalue weighted by Crippen LogP contribution is -1.92. The zero-order chi connectivity index (χ0) is 18.1. The van der Waals surface area contributed by atoms with E-state index in [1.165, 1.54) is 22.3 Å². The van der Waals surface area contributed by atoms with Crippen LogP contribution in [0, 0.1) is 13.8 Å². The molecule has 0 fully saturated rings. The number of hydrogen-bond donors (Lipinski definition) is 0. The Balaban J connectivity index is 1.72. The van der Waals surface area contributed by atoms with E-state index in [9.17, 15) is 4.21 Å². The van der Waals surface area contributed by atoms with E-state index >= 15 is 0 Å². The summed E-state index contributed by atoms with van der Waals surface area (Å²) in [7, 11) is -1.14. The first kappa shape index (κ1) is 17.4. The molecular formula is C22H18OS3. The quantitative estimate of drug-likeness (QED) is 0.367. The molecule has 0 aliphatic rings. The van der Waals surface area contributed by atoms with E-state index in [1.807, 2.05) is 36.4 Å². The van der Waals surface area contributed by atoms with Crippen LogP contribution in [0.2, 0.25) is 0 Å². The van der Waals surface area contributed by atoms with E-state index in [4.69, 9.17) is 0 Å². The molecule has 0 spiro atoms. The zero-order valence-electron chi connectivity index (χ0n) is 14.6. The van der Waals surface area contributed by atoms with E-state index in [2.05, 4.69) is 48.9 Å². The predicted molar refractivity (Wildman–Crippen MR) is 114 cm³/mol. The van der Waals surface area contributed by atoms with Gasteiger partial charge in [-0.1, -0.05) is 60.7 Å². The van der Waals surface area contributed by atoms with Gasteiger partial charge in [-0.05, 0) is 47.2 Å². The van der Waals surface area contributed by atoms with Gasteiger partial charge in [0.15, 0.2) is 0 Å². The molecular weight excluding hydrogens is 376 g/mol. The molecule has 4 aromatic rings. The standard InChI is InChI=1S/C22H18OS3/c1-15-19(17-9-5-3-6-10-17)13-24-21(15)26(23)22-16(2)20(14-25-22)18-11-7-4-8-12-18/h3-14H,1-2H3. The van der Waals surface area contributed by atoms with Crippen LogP contribution in [-0.4, -0.2) is 4.21 Å². The average Bonchev–Trinajstić information content (AvgIpc) is 3.25. The van der Waals surface area contributed by atoms with Gasteiger partial charge in [0.05, 0.1) is 0 Å². The molecule has 0 saturated carbocycles. The van der Waals surface area contributed by atoms with Gasteiger partial charge in [-0.2, -0.15) is 0 Å². The largest absolute Gasteiger partial charge is 0.247 e. The normalized spacial score (nSPS) is 11.2. The first-order valence-electron chi connectivity index (χ1n) is 8.35. The Morgan fingerprint density at radius 3 is 1.42 bits per heavy atom. The van der Waals surface area contributed by atoms with Crippen LogP contribution >= 0.6 is 22.7 Å². The molecule has 0 radical (unpaired) electrons. The first-order chi connectivity index (χ1) is 12.7. The lowest BCUT2D eigenvalue weighted by atomic mass is 10.1. The number of rotatable bonds is 4. The predicted octanol–water partition coefficient (Wildman–Crippen LogP) is 6.93. The van der Waals surface area contributed by atoms with Crippen molar-refractivity contribution in [1.29, 1.82) is 0 Å². The van der Waals surface area contributed by atoms with Crippen molar-refractivity contribution in [3.05, 3.63) is 82.6 Å². The Bertz CT molecular complexity index is 974. The Kier molecular flexibility index (Phi) is 4.90. The van der Waals surface area contributed by atoms with Gasteiger partial charge < -0.3 is 0 Å². The highest BCUT2D eigenvalue weighted by Gasteiger charge is 2.21. The van der Waals surface area contributed by atoms with Crippen molar-refractivity contribution in [2.24, 2.45) is 0 Å². The van der Waals surface area contributed by atoms with Gasteiger partial charge in [-0.3, -0.25) is 0 Å². The summed E-state index contributed by atoms with van der Waals surface area (Å²) in [6, 6.07) is 20.6. The SMILES string of the molecule is Cc1c(-c2ccccc2)csc1S(=O)c1scc(-c2ccccc2)c1C. The third-order valence-corrected chi connectivity index (χ3v) is 9.01. The molecule has 130 valence electrons. The highest BCUT2D eigenvalue weighted by Crippen LogP contribution is 2.39. The van der Waals surface area contributed by atoms with Crippen LogP contribution in [0.5, 0.6) is 0 Å². The van der Waals surface area contributed by atoms with E-state index in [0.717, 1.165) is 19.5 Å². The molecule has 0 N–H and O–H groups in total. The fraction of sp³-hybridized carbons (Fsp3) is 0.0909. The van der Waals surface area contributed by atoms with Gasteiger partial charge in [0.1, 0.15) is 19.2 Å². The van der Waals surface area contributed by atoms with Crippen molar-refractivity contribution in [1.82, 2.24) is 0 Å². The maximum absolute atomic E-state index is 13.3. The van der Waals surface area contributed by atoms with Gasteiger partial charge >= 0.3 is 0 Å². The van der Waals surface area contributed by atoms with Crippen LogP contribution in [0.1, 0.15) is 11.1 Å². The molecule has 0 unspecified atom stereocenters. The maximum Gasteiger partial charge on any atom is 0.106 e. The molecule has 0 aliphatic carbocycles. The molecule has 4 rings (SSSR count). The molecule has 0 aliphatic heterocycles. The second kappa shape index (κ2) is 7.31. The lowest BCUT2D eigenvalue weighted by Gasteiger charge is -2.04. The molecule has 2 aromatic carbocycles. The van der Waals surface area contributed by atoms with Gasteiger partial charge in [0.2, 0.25) is 0 Å². The third-order valence-electron chi connectivity index (χ3n) is 4.49. The minimum absolute atomic E-state index is 0.952. The maximum atomic E-state index is 13.3. The minimum Gasteiger partial charge on any atom is -0.247 e. The Morgan fingerprint density at radius 2 is 1.04 bits per heavy atom. The smallest absolute Gasteiger partial charge is 0.106 e. The van der Waals surface area contributed by atoms with Gasteiger partial charge in [-0.15, -0.1) is 22.7 Å². The van der Waals surface area contributed by atoms with E-state index in [0.29, 0.717) is 0 Å². The molecule has 2 heterocycles. The Labute approximate surface area is 164 Å². The van der Waals surface area contributed by atoms with Crippen LogP contribution < -0.4 is 0 Å². The molecule has 26 heavy (non-hydrogen) atoms. The fourth-order valence-electron chi connectivity index (χ4n) is 3.05. The van der Waals surface area contributed by atoms with Crippen LogP contribution in [0.25, 0.3) is 22.3 Å². The summed E-state index contributed by atoms with van der Waals surface area (Å²) in [4.78, 5) is 0. The summed E-state index contributed by atoms with van der Waals surface area (Å²) in [5.41, 5.74) is 6.95. The van der Waals surface area contributed by atoms with Crippen LogP contribution in [0.3, 0.4) is 0 Å². The summed E-state index contributed by atoms with van der Waals surface area (Å²) in [6.45, 7) is 4.15.